The zero-order valence-corrected chi connectivity index (χ0v) is 48.2. The largest absolute Gasteiger partial charge is 0.494 e. The number of rotatable bonds is 26. The maximum absolute atomic E-state index is 5.85. The molecule has 5 nitrogen and oxygen atoms in total. The van der Waals surface area contributed by atoms with Crippen LogP contribution in [0.2, 0.25) is 0 Å². The van der Waals surface area contributed by atoms with E-state index in [1.165, 1.54) is 108 Å². The van der Waals surface area contributed by atoms with Gasteiger partial charge >= 0.3 is 0 Å². The number of hydrogen-bond donors (Lipinski definition) is 0. The molecule has 0 saturated heterocycles. The number of unbranched alkanes of at least 4 members (excludes halogenated alkanes) is 9. The zero-order valence-electron chi connectivity index (χ0n) is 48.2. The molecule has 406 valence electrons. The van der Waals surface area contributed by atoms with Crippen LogP contribution in [-0.2, 0) is 0 Å². The van der Waals surface area contributed by atoms with E-state index in [0.717, 1.165) is 78.9 Å². The van der Waals surface area contributed by atoms with E-state index in [4.69, 9.17) is 18.7 Å². The molecule has 8 aromatic rings. The van der Waals surface area contributed by atoms with Crippen LogP contribution in [0.4, 0.5) is 0 Å². The minimum atomic E-state index is 0.527. The third kappa shape index (κ3) is 19.9. The van der Waals surface area contributed by atoms with Gasteiger partial charge in [0.25, 0.3) is 0 Å². The summed E-state index contributed by atoms with van der Waals surface area (Å²) < 4.78 is 23.0. The number of benzene rings is 7. The molecule has 0 amide bonds. The summed E-state index contributed by atoms with van der Waals surface area (Å²) >= 11 is 0. The lowest BCUT2D eigenvalue weighted by atomic mass is 9.97. The van der Waals surface area contributed by atoms with Gasteiger partial charge in [0.1, 0.15) is 22.9 Å². The third-order valence-corrected chi connectivity index (χ3v) is 14.1. The van der Waals surface area contributed by atoms with Crippen LogP contribution in [0.5, 0.6) is 17.2 Å². The normalized spacial score (nSPS) is 11.0. The van der Waals surface area contributed by atoms with Crippen molar-refractivity contribution in [1.82, 2.24) is 5.16 Å². The zero-order chi connectivity index (χ0) is 54.6. The molecule has 1 heterocycles. The topological polar surface area (TPSA) is 53.7 Å². The van der Waals surface area contributed by atoms with E-state index in [0.29, 0.717) is 17.8 Å². The molecule has 5 heteroatoms. The Kier molecular flexibility index (Phi) is 25.2. The second-order valence-corrected chi connectivity index (χ2v) is 21.3. The fourth-order valence-corrected chi connectivity index (χ4v) is 8.92. The van der Waals surface area contributed by atoms with Crippen LogP contribution >= 0.6 is 0 Å². The van der Waals surface area contributed by atoms with Gasteiger partial charge in [-0.25, -0.2) is 0 Å². The SMILES string of the molecule is CCCCCCCCOc1ccc(-c2ccc(C(C)C)cc2)cc1.CCCCCOc1ccc(-c2cc(-c3ccc(C(C)C)cc3)no2)cc1.CCCCCOc1ccc(-c2ccc(-c3ccc(C(C)C)cc3)cc2)cc1. The Labute approximate surface area is 464 Å². The van der Waals surface area contributed by atoms with Gasteiger partial charge in [-0.2, -0.15) is 0 Å². The first kappa shape index (κ1) is 59.4. The summed E-state index contributed by atoms with van der Waals surface area (Å²) in [6.07, 6.45) is 14.9. The Morgan fingerprint density at radius 3 is 0.909 bits per heavy atom. The highest BCUT2D eigenvalue weighted by Gasteiger charge is 2.11. The molecule has 0 N–H and O–H groups in total. The van der Waals surface area contributed by atoms with Crippen molar-refractivity contribution in [2.45, 2.75) is 157 Å². The van der Waals surface area contributed by atoms with E-state index in [1.807, 2.05) is 30.3 Å². The number of nitrogens with zero attached hydrogens (tertiary/aromatic N) is 1. The van der Waals surface area contributed by atoms with Crippen molar-refractivity contribution in [1.29, 1.82) is 0 Å². The van der Waals surface area contributed by atoms with Crippen molar-refractivity contribution in [3.8, 4) is 73.2 Å². The van der Waals surface area contributed by atoms with Crippen LogP contribution in [0.15, 0.2) is 180 Å². The summed E-state index contributed by atoms with van der Waals surface area (Å²) in [5.74, 6) is 5.28. The fourth-order valence-electron chi connectivity index (χ4n) is 8.92. The van der Waals surface area contributed by atoms with E-state index in [9.17, 15) is 0 Å². The van der Waals surface area contributed by atoms with Gasteiger partial charge in [0, 0.05) is 17.2 Å². The summed E-state index contributed by atoms with van der Waals surface area (Å²) in [5, 5.41) is 4.22. The Hall–Kier alpha value is -6.85. The maximum atomic E-state index is 5.85. The summed E-state index contributed by atoms with van der Waals surface area (Å²) in [6, 6.07) is 62.0. The first-order valence-corrected chi connectivity index (χ1v) is 29.1. The van der Waals surface area contributed by atoms with E-state index >= 15 is 0 Å². The molecule has 77 heavy (non-hydrogen) atoms. The molecule has 0 aliphatic rings. The van der Waals surface area contributed by atoms with E-state index in [-0.39, 0.29) is 0 Å². The van der Waals surface area contributed by atoms with Crippen molar-refractivity contribution < 1.29 is 18.7 Å². The molecule has 0 aliphatic heterocycles. The fraction of sp³-hybridized carbons (Fsp3) is 0.375. The van der Waals surface area contributed by atoms with Gasteiger partial charge < -0.3 is 18.7 Å². The van der Waals surface area contributed by atoms with Gasteiger partial charge in [0.15, 0.2) is 5.76 Å². The highest BCUT2D eigenvalue weighted by atomic mass is 16.5. The molecule has 8 rings (SSSR count). The van der Waals surface area contributed by atoms with Crippen LogP contribution in [0.25, 0.3) is 56.0 Å². The van der Waals surface area contributed by atoms with Crippen LogP contribution in [0.3, 0.4) is 0 Å². The summed E-state index contributed by atoms with van der Waals surface area (Å²) in [7, 11) is 0. The average molecular weight is 1030 g/mol. The molecule has 0 saturated carbocycles. The number of aromatic nitrogens is 1. The highest BCUT2D eigenvalue weighted by molar-refractivity contribution is 5.71. The standard InChI is InChI=1S/C26H30O.C23H27NO2.C23H32O/c1-4-5-6-19-27-26-17-15-25(16-18-26)24-13-11-23(12-14-24)22-9-7-21(8-10-22)20(2)3;1-4-5-6-15-25-21-13-11-20(12-14-21)23-16-22(24-26-23)19-9-7-18(8-10-19)17(2)3;1-4-5-6-7-8-9-18-24-23-16-14-22(15-17-23)21-12-10-20(11-13-21)19(2)3/h7-18,20H,4-6,19H2,1-3H3;7-14,16-17H,4-6,15H2,1-3H3;10-17,19H,4-9,18H2,1-3H3. The predicted octanol–water partition coefficient (Wildman–Crippen LogP) is 21.6. The quantitative estimate of drug-likeness (QED) is 0.0506. The second-order valence-electron chi connectivity index (χ2n) is 21.3. The molecule has 0 aliphatic carbocycles. The number of hydrogen-bond acceptors (Lipinski definition) is 5. The molecule has 0 spiro atoms. The average Bonchev–Trinajstić information content (AvgIpc) is 3.97. The lowest BCUT2D eigenvalue weighted by Crippen LogP contribution is -1.97. The van der Waals surface area contributed by atoms with Crippen LogP contribution in [0, 0.1) is 0 Å². The maximum Gasteiger partial charge on any atom is 0.167 e. The van der Waals surface area contributed by atoms with Gasteiger partial charge in [-0.05, 0) is 136 Å². The summed E-state index contributed by atoms with van der Waals surface area (Å²) in [4.78, 5) is 0. The minimum absolute atomic E-state index is 0.527. The van der Waals surface area contributed by atoms with Gasteiger partial charge in [-0.15, -0.1) is 0 Å². The number of ether oxygens (including phenoxy) is 3. The molecule has 7 aromatic carbocycles. The molecule has 0 bridgehead atoms. The first-order valence-electron chi connectivity index (χ1n) is 29.1. The van der Waals surface area contributed by atoms with Gasteiger partial charge in [-0.1, -0.05) is 247 Å². The lowest BCUT2D eigenvalue weighted by molar-refractivity contribution is 0.304. The minimum Gasteiger partial charge on any atom is -0.494 e. The molecule has 1 aromatic heterocycles. The van der Waals surface area contributed by atoms with Crippen molar-refractivity contribution in [3.05, 3.63) is 193 Å². The van der Waals surface area contributed by atoms with Crippen molar-refractivity contribution >= 4 is 0 Å². The van der Waals surface area contributed by atoms with E-state index < -0.39 is 0 Å². The Balaban J connectivity index is 0.000000188. The van der Waals surface area contributed by atoms with Gasteiger partial charge in [-0.3, -0.25) is 0 Å². The Bertz CT molecular complexity index is 2800. The first-order chi connectivity index (χ1) is 37.5. The lowest BCUT2D eigenvalue weighted by Gasteiger charge is -2.09. The van der Waals surface area contributed by atoms with Gasteiger partial charge in [0.05, 0.1) is 19.8 Å². The van der Waals surface area contributed by atoms with Crippen LogP contribution < -0.4 is 14.2 Å². The van der Waals surface area contributed by atoms with Crippen LogP contribution in [0.1, 0.15) is 174 Å². The molecule has 0 fully saturated rings. The summed E-state index contributed by atoms with van der Waals surface area (Å²) in [6.45, 7) is 22.4. The third-order valence-electron chi connectivity index (χ3n) is 14.1. The molecule has 0 radical (unpaired) electrons. The van der Waals surface area contributed by atoms with Crippen molar-refractivity contribution in [2.24, 2.45) is 0 Å². The van der Waals surface area contributed by atoms with Crippen molar-refractivity contribution in [3.63, 3.8) is 0 Å². The summed E-state index contributed by atoms with van der Waals surface area (Å²) in [5.41, 5.74) is 14.5. The Morgan fingerprint density at radius 1 is 0.312 bits per heavy atom. The smallest absolute Gasteiger partial charge is 0.167 e. The monoisotopic (exact) mass is 1030 g/mol. The second kappa shape index (κ2) is 32.7. The molecular formula is C72H89NO4. The van der Waals surface area contributed by atoms with Crippen molar-refractivity contribution in [2.75, 3.05) is 19.8 Å². The van der Waals surface area contributed by atoms with E-state index in [1.54, 1.807) is 0 Å². The Morgan fingerprint density at radius 2 is 0.571 bits per heavy atom. The molecule has 0 atom stereocenters. The predicted molar refractivity (Wildman–Crippen MR) is 328 cm³/mol. The highest BCUT2D eigenvalue weighted by Crippen LogP contribution is 2.31. The molecule has 0 unspecified atom stereocenters. The van der Waals surface area contributed by atoms with Gasteiger partial charge in [0.2, 0.25) is 0 Å². The van der Waals surface area contributed by atoms with E-state index in [2.05, 4.69) is 213 Å². The molecular weight excluding hydrogens is 943 g/mol. The van der Waals surface area contributed by atoms with Crippen LogP contribution in [-0.4, -0.2) is 25.0 Å².